The molecule has 2 aromatic heterocycles. The molecule has 0 amide bonds. The van der Waals surface area contributed by atoms with Crippen LogP contribution in [0.15, 0.2) is 87.1 Å². The second-order valence-electron chi connectivity index (χ2n) is 13.3. The summed E-state index contributed by atoms with van der Waals surface area (Å²) in [5.41, 5.74) is 3.57. The minimum atomic E-state index is -4.33. The van der Waals surface area contributed by atoms with Crippen molar-refractivity contribution in [2.45, 2.75) is 69.3 Å². The van der Waals surface area contributed by atoms with E-state index >= 15 is 0 Å². The zero-order valence-corrected chi connectivity index (χ0v) is 36.6. The van der Waals surface area contributed by atoms with Gasteiger partial charge in [0.25, 0.3) is 0 Å². The molecule has 0 unspecified atom stereocenters. The van der Waals surface area contributed by atoms with Crippen LogP contribution in [0.4, 0.5) is 13.2 Å². The van der Waals surface area contributed by atoms with E-state index in [4.69, 9.17) is 19.7 Å². The number of rotatable bonds is 16. The molecule has 6 aromatic rings. The normalized spacial score (nSPS) is 11.4. The Labute approximate surface area is 354 Å². The number of aliphatic carboxylic acids is 2. The van der Waals surface area contributed by atoms with Gasteiger partial charge in [0.1, 0.15) is 11.5 Å². The largest absolute Gasteiger partial charge is 0.482 e. The standard InChI is InChI=1S/C22H21F3O3S2.C21H21BrO3S2/c1-13-10-16(6-7-18(13)28-12-21(26)27)29-9-3-4-19-14(2)17-11-15(22(23,24)25)5-8-20(17)30-19;1-13-10-16(6-8-18(13)25-12-21(23)24)26-9-3-4-19-14(2)17-7-5-15(22)11-20(17)27-19/h5-8,10-11H,3-4,9,12H2,1-2H3,(H,26,27);5-8,10-11H,3-4,9,12H2,1-2H3,(H,23,24). The highest BCUT2D eigenvalue weighted by molar-refractivity contribution is 9.10. The Balaban J connectivity index is 0.000000219. The molecule has 0 radical (unpaired) electrons. The van der Waals surface area contributed by atoms with Gasteiger partial charge in [-0.1, -0.05) is 22.0 Å². The van der Waals surface area contributed by atoms with Crippen LogP contribution in [0, 0.1) is 27.7 Å². The molecule has 0 saturated heterocycles. The van der Waals surface area contributed by atoms with Gasteiger partial charge in [0.05, 0.1) is 5.56 Å². The predicted molar refractivity (Wildman–Crippen MR) is 233 cm³/mol. The minimum absolute atomic E-state index is 0.307. The first kappa shape index (κ1) is 44.4. The summed E-state index contributed by atoms with van der Waals surface area (Å²) in [4.78, 5) is 26.1. The van der Waals surface area contributed by atoms with Gasteiger partial charge in [0.15, 0.2) is 13.2 Å². The molecular formula is C43H42BrF3O6S4. The first-order valence-electron chi connectivity index (χ1n) is 18.0. The molecule has 14 heteroatoms. The van der Waals surface area contributed by atoms with E-state index < -0.39 is 23.7 Å². The number of benzene rings is 4. The highest BCUT2D eigenvalue weighted by atomic mass is 79.9. The van der Waals surface area contributed by atoms with Gasteiger partial charge in [-0.15, -0.1) is 46.2 Å². The van der Waals surface area contributed by atoms with Gasteiger partial charge in [-0.25, -0.2) is 9.59 Å². The smallest absolute Gasteiger partial charge is 0.416 e. The van der Waals surface area contributed by atoms with Crippen molar-refractivity contribution in [3.63, 3.8) is 0 Å². The Morgan fingerprint density at radius 1 is 0.667 bits per heavy atom. The molecule has 0 saturated carbocycles. The number of hydrogen-bond donors (Lipinski definition) is 2. The molecule has 0 atom stereocenters. The van der Waals surface area contributed by atoms with Gasteiger partial charge in [-0.05, 0) is 165 Å². The number of fused-ring (bicyclic) bond motifs is 2. The van der Waals surface area contributed by atoms with Crippen molar-refractivity contribution in [1.82, 2.24) is 0 Å². The van der Waals surface area contributed by atoms with E-state index in [1.807, 2.05) is 68.1 Å². The number of halogens is 4. The van der Waals surface area contributed by atoms with Gasteiger partial charge in [0.2, 0.25) is 0 Å². The maximum Gasteiger partial charge on any atom is 0.416 e. The van der Waals surface area contributed by atoms with Gasteiger partial charge < -0.3 is 19.7 Å². The molecule has 2 heterocycles. The molecule has 0 aliphatic carbocycles. The number of ether oxygens (including phenoxy) is 2. The van der Waals surface area contributed by atoms with Crippen molar-refractivity contribution >= 4 is 94.2 Å². The van der Waals surface area contributed by atoms with Crippen molar-refractivity contribution in [2.75, 3.05) is 24.7 Å². The molecule has 57 heavy (non-hydrogen) atoms. The van der Waals surface area contributed by atoms with Crippen LogP contribution in [0.5, 0.6) is 11.5 Å². The summed E-state index contributed by atoms with van der Waals surface area (Å²) in [6.45, 7) is 7.25. The highest BCUT2D eigenvalue weighted by Crippen LogP contribution is 2.38. The summed E-state index contributed by atoms with van der Waals surface area (Å²) in [5.74, 6) is 1.13. The van der Waals surface area contributed by atoms with Crippen LogP contribution in [0.25, 0.3) is 20.2 Å². The van der Waals surface area contributed by atoms with Crippen LogP contribution >= 0.6 is 62.1 Å². The molecule has 0 bridgehead atoms. The quantitative estimate of drug-likeness (QED) is 0.0733. The first-order chi connectivity index (χ1) is 27.1. The third kappa shape index (κ3) is 12.6. The molecule has 302 valence electrons. The minimum Gasteiger partial charge on any atom is -0.482 e. The van der Waals surface area contributed by atoms with E-state index in [1.54, 1.807) is 35.2 Å². The van der Waals surface area contributed by atoms with E-state index in [1.165, 1.54) is 31.5 Å². The summed E-state index contributed by atoms with van der Waals surface area (Å²) in [6, 6.07) is 22.0. The van der Waals surface area contributed by atoms with Gasteiger partial charge >= 0.3 is 18.1 Å². The second-order valence-corrected chi connectivity index (χ2v) is 18.8. The molecule has 4 aromatic carbocycles. The van der Waals surface area contributed by atoms with E-state index in [9.17, 15) is 22.8 Å². The zero-order valence-electron chi connectivity index (χ0n) is 31.8. The fraction of sp³-hybridized carbons (Fsp3) is 0.302. The molecule has 0 aliphatic heterocycles. The summed E-state index contributed by atoms with van der Waals surface area (Å²) < 4.78 is 52.8. The maximum atomic E-state index is 13.0. The van der Waals surface area contributed by atoms with Crippen LogP contribution in [0.1, 0.15) is 50.4 Å². The van der Waals surface area contributed by atoms with Crippen LogP contribution in [0.3, 0.4) is 0 Å². The summed E-state index contributed by atoms with van der Waals surface area (Å²) >= 11 is 10.5. The SMILES string of the molecule is Cc1cc(SCCCc2sc3cc(Br)ccc3c2C)ccc1OCC(=O)O.Cc1cc(SCCCc2sc3ccc(C(F)(F)F)cc3c2C)ccc1OCC(=O)O. The number of carboxylic acids is 2. The van der Waals surface area contributed by atoms with Crippen molar-refractivity contribution < 1.29 is 42.4 Å². The van der Waals surface area contributed by atoms with Gasteiger partial charge in [0, 0.05) is 33.4 Å². The molecule has 0 spiro atoms. The molecule has 2 N–H and O–H groups in total. The molecule has 6 nitrogen and oxygen atoms in total. The lowest BCUT2D eigenvalue weighted by molar-refractivity contribution is -0.140. The van der Waals surface area contributed by atoms with Crippen LogP contribution < -0.4 is 9.47 Å². The molecule has 0 fully saturated rings. The van der Waals surface area contributed by atoms with E-state index in [0.29, 0.717) is 16.9 Å². The van der Waals surface area contributed by atoms with Crippen molar-refractivity contribution in [2.24, 2.45) is 0 Å². The molecular weight excluding hydrogens is 878 g/mol. The summed E-state index contributed by atoms with van der Waals surface area (Å²) in [6.07, 6.45) is -0.394. The Hall–Kier alpha value is -3.69. The average Bonchev–Trinajstić information content (AvgIpc) is 3.64. The average molecular weight is 920 g/mol. The third-order valence-electron chi connectivity index (χ3n) is 8.99. The van der Waals surface area contributed by atoms with Crippen molar-refractivity contribution in [1.29, 1.82) is 0 Å². The number of thioether (sulfide) groups is 2. The highest BCUT2D eigenvalue weighted by Gasteiger charge is 2.31. The molecule has 0 aliphatic rings. The van der Waals surface area contributed by atoms with Crippen LogP contribution in [-0.4, -0.2) is 46.9 Å². The Morgan fingerprint density at radius 2 is 1.18 bits per heavy atom. The Bertz CT molecular complexity index is 2350. The number of alkyl halides is 3. The van der Waals surface area contributed by atoms with Crippen molar-refractivity contribution in [3.05, 3.63) is 115 Å². The van der Waals surface area contributed by atoms with Crippen LogP contribution in [0.2, 0.25) is 0 Å². The van der Waals surface area contributed by atoms with Gasteiger partial charge in [-0.2, -0.15) is 13.2 Å². The number of carboxylic acid groups (broad SMARTS) is 2. The second kappa shape index (κ2) is 20.3. The lowest BCUT2D eigenvalue weighted by Gasteiger charge is -2.09. The van der Waals surface area contributed by atoms with Crippen molar-refractivity contribution in [3.8, 4) is 11.5 Å². The monoisotopic (exact) mass is 918 g/mol. The Kier molecular flexibility index (Phi) is 15.8. The third-order valence-corrected chi connectivity index (χ3v) is 14.3. The summed E-state index contributed by atoms with van der Waals surface area (Å²) in [7, 11) is 0. The van der Waals surface area contributed by atoms with Crippen LogP contribution in [-0.2, 0) is 28.6 Å². The van der Waals surface area contributed by atoms with E-state index in [-0.39, 0.29) is 13.2 Å². The predicted octanol–water partition coefficient (Wildman–Crippen LogP) is 13.2. The fourth-order valence-electron chi connectivity index (χ4n) is 6.05. The van der Waals surface area contributed by atoms with E-state index in [0.717, 1.165) is 78.9 Å². The lowest BCUT2D eigenvalue weighted by atomic mass is 10.1. The fourth-order valence-corrected chi connectivity index (χ4v) is 11.0. The molecule has 6 rings (SSSR count). The number of thiophene rings is 2. The zero-order chi connectivity index (χ0) is 41.3. The maximum absolute atomic E-state index is 13.0. The Morgan fingerprint density at radius 3 is 1.67 bits per heavy atom. The van der Waals surface area contributed by atoms with Gasteiger partial charge in [-0.3, -0.25) is 0 Å². The van der Waals surface area contributed by atoms with E-state index in [2.05, 4.69) is 47.1 Å². The number of aryl methyl sites for hydroxylation is 6. The lowest BCUT2D eigenvalue weighted by Crippen LogP contribution is -2.09. The number of hydrogen-bond acceptors (Lipinski definition) is 8. The number of carbonyl (C=O) groups is 2. The summed E-state index contributed by atoms with van der Waals surface area (Å²) in [5, 5.41) is 19.4. The first-order valence-corrected chi connectivity index (χ1v) is 22.4. The topological polar surface area (TPSA) is 93.1 Å².